The third-order valence-electron chi connectivity index (χ3n) is 4.64. The second-order valence-corrected chi connectivity index (χ2v) is 7.51. The van der Waals surface area contributed by atoms with E-state index in [1.165, 1.54) is 0 Å². The Morgan fingerprint density at radius 2 is 2.26 bits per heavy atom. The van der Waals surface area contributed by atoms with Crippen LogP contribution in [-0.4, -0.2) is 59.3 Å². The summed E-state index contributed by atoms with van der Waals surface area (Å²) in [4.78, 5) is 19.0. The molecule has 128 valence electrons. The van der Waals surface area contributed by atoms with Gasteiger partial charge in [0.15, 0.2) is 0 Å². The summed E-state index contributed by atoms with van der Waals surface area (Å²) in [5, 5.41) is 16.6. The normalized spacial score (nSPS) is 27.0. The van der Waals surface area contributed by atoms with Gasteiger partial charge in [-0.15, -0.1) is 11.3 Å². The SMILES string of the molecule is Cc1nc(CN2CC[C@@H](NC(=O)C3CCOCC3)[C@H](O)C2)cs1. The number of carbonyl (C=O) groups excluding carboxylic acids is 1. The van der Waals surface area contributed by atoms with Crippen LogP contribution in [0.2, 0.25) is 0 Å². The molecule has 0 bridgehead atoms. The maximum Gasteiger partial charge on any atom is 0.223 e. The first-order chi connectivity index (χ1) is 11.1. The average molecular weight is 339 g/mol. The summed E-state index contributed by atoms with van der Waals surface area (Å²) >= 11 is 1.65. The number of aromatic nitrogens is 1. The Kier molecular flexibility index (Phi) is 5.63. The maximum absolute atomic E-state index is 12.3. The first kappa shape index (κ1) is 16.8. The highest BCUT2D eigenvalue weighted by atomic mass is 32.1. The van der Waals surface area contributed by atoms with Gasteiger partial charge in [-0.25, -0.2) is 4.98 Å². The van der Waals surface area contributed by atoms with E-state index in [0.29, 0.717) is 19.8 Å². The van der Waals surface area contributed by atoms with Gasteiger partial charge in [0.2, 0.25) is 5.91 Å². The fourth-order valence-electron chi connectivity index (χ4n) is 3.28. The van der Waals surface area contributed by atoms with Crippen molar-refractivity contribution in [2.24, 2.45) is 5.92 Å². The summed E-state index contributed by atoms with van der Waals surface area (Å²) in [6.45, 7) is 5.53. The predicted molar refractivity (Wildman–Crippen MR) is 88.2 cm³/mol. The summed E-state index contributed by atoms with van der Waals surface area (Å²) in [6, 6.07) is -0.140. The third kappa shape index (κ3) is 4.50. The Balaban J connectivity index is 1.47. The zero-order chi connectivity index (χ0) is 16.2. The third-order valence-corrected chi connectivity index (χ3v) is 5.46. The molecule has 0 aliphatic carbocycles. The Bertz CT molecular complexity index is 530. The number of aliphatic hydroxyl groups is 1. The van der Waals surface area contributed by atoms with E-state index in [1.54, 1.807) is 11.3 Å². The van der Waals surface area contributed by atoms with E-state index in [9.17, 15) is 9.90 Å². The van der Waals surface area contributed by atoms with Crippen LogP contribution in [-0.2, 0) is 16.1 Å². The number of nitrogens with one attached hydrogen (secondary N) is 1. The van der Waals surface area contributed by atoms with E-state index in [4.69, 9.17) is 4.74 Å². The van der Waals surface area contributed by atoms with E-state index < -0.39 is 6.10 Å². The Hall–Kier alpha value is -1.02. The van der Waals surface area contributed by atoms with Gasteiger partial charge < -0.3 is 15.2 Å². The van der Waals surface area contributed by atoms with Crippen LogP contribution in [0.15, 0.2) is 5.38 Å². The number of aliphatic hydroxyl groups excluding tert-OH is 1. The van der Waals surface area contributed by atoms with Gasteiger partial charge in [0, 0.05) is 44.1 Å². The fraction of sp³-hybridized carbons (Fsp3) is 0.750. The van der Waals surface area contributed by atoms with E-state index in [0.717, 1.165) is 43.1 Å². The van der Waals surface area contributed by atoms with Crippen molar-refractivity contribution >= 4 is 17.2 Å². The molecule has 23 heavy (non-hydrogen) atoms. The molecule has 1 amide bonds. The molecule has 0 saturated carbocycles. The minimum absolute atomic E-state index is 0.0342. The van der Waals surface area contributed by atoms with Crippen molar-refractivity contribution in [3.8, 4) is 0 Å². The number of amides is 1. The molecule has 2 saturated heterocycles. The molecule has 0 radical (unpaired) electrons. The van der Waals surface area contributed by atoms with Crippen LogP contribution < -0.4 is 5.32 Å². The molecule has 2 fully saturated rings. The summed E-state index contributed by atoms with van der Waals surface area (Å²) in [7, 11) is 0. The number of aryl methyl sites for hydroxylation is 1. The zero-order valence-corrected chi connectivity index (χ0v) is 14.3. The van der Waals surface area contributed by atoms with E-state index in [-0.39, 0.29) is 17.9 Å². The number of ether oxygens (including phenoxy) is 1. The van der Waals surface area contributed by atoms with Crippen LogP contribution in [0.5, 0.6) is 0 Å². The Labute approximate surface area is 140 Å². The van der Waals surface area contributed by atoms with Gasteiger partial charge in [0.25, 0.3) is 0 Å². The quantitative estimate of drug-likeness (QED) is 0.854. The molecule has 2 aliphatic rings. The van der Waals surface area contributed by atoms with Crippen molar-refractivity contribution in [1.82, 2.24) is 15.2 Å². The lowest BCUT2D eigenvalue weighted by molar-refractivity contribution is -0.130. The zero-order valence-electron chi connectivity index (χ0n) is 13.5. The van der Waals surface area contributed by atoms with Gasteiger partial charge in [-0.2, -0.15) is 0 Å². The average Bonchev–Trinajstić information content (AvgIpc) is 2.96. The highest BCUT2D eigenvalue weighted by Gasteiger charge is 2.31. The number of piperidine rings is 1. The van der Waals surface area contributed by atoms with Gasteiger partial charge in [-0.1, -0.05) is 0 Å². The first-order valence-corrected chi connectivity index (χ1v) is 9.19. The fourth-order valence-corrected chi connectivity index (χ4v) is 3.88. The number of likely N-dealkylation sites (tertiary alicyclic amines) is 1. The van der Waals surface area contributed by atoms with Crippen LogP contribution in [0.1, 0.15) is 30.0 Å². The van der Waals surface area contributed by atoms with Gasteiger partial charge in [0.1, 0.15) is 0 Å². The maximum atomic E-state index is 12.3. The van der Waals surface area contributed by atoms with Crippen LogP contribution in [0.25, 0.3) is 0 Å². The van der Waals surface area contributed by atoms with Crippen molar-refractivity contribution in [3.05, 3.63) is 16.1 Å². The molecular weight excluding hydrogens is 314 g/mol. The van der Waals surface area contributed by atoms with Crippen LogP contribution in [0.3, 0.4) is 0 Å². The summed E-state index contributed by atoms with van der Waals surface area (Å²) in [6.07, 6.45) is 1.82. The topological polar surface area (TPSA) is 74.7 Å². The van der Waals surface area contributed by atoms with Crippen LogP contribution >= 0.6 is 11.3 Å². The van der Waals surface area contributed by atoms with E-state index >= 15 is 0 Å². The molecule has 1 aromatic rings. The lowest BCUT2D eigenvalue weighted by Crippen LogP contribution is -2.55. The summed E-state index contributed by atoms with van der Waals surface area (Å²) < 4.78 is 5.29. The molecule has 0 unspecified atom stereocenters. The van der Waals surface area contributed by atoms with Crippen molar-refractivity contribution in [2.75, 3.05) is 26.3 Å². The number of carbonyl (C=O) groups is 1. The first-order valence-electron chi connectivity index (χ1n) is 8.31. The van der Waals surface area contributed by atoms with Gasteiger partial charge in [-0.3, -0.25) is 9.69 Å². The monoisotopic (exact) mass is 339 g/mol. The molecule has 3 heterocycles. The highest BCUT2D eigenvalue weighted by molar-refractivity contribution is 7.09. The van der Waals surface area contributed by atoms with Crippen molar-refractivity contribution in [2.45, 2.75) is 44.9 Å². The standard InChI is InChI=1S/C16H25N3O3S/c1-11-17-13(10-23-11)8-19-5-2-14(15(20)9-19)18-16(21)12-3-6-22-7-4-12/h10,12,14-15,20H,2-9H2,1H3,(H,18,21)/t14-,15-/m1/s1. The second-order valence-electron chi connectivity index (χ2n) is 6.45. The second kappa shape index (κ2) is 7.70. The van der Waals surface area contributed by atoms with Crippen molar-refractivity contribution in [3.63, 3.8) is 0 Å². The Morgan fingerprint density at radius 1 is 1.48 bits per heavy atom. The number of thiazole rings is 1. The molecule has 7 heteroatoms. The molecule has 6 nitrogen and oxygen atoms in total. The van der Waals surface area contributed by atoms with Gasteiger partial charge in [-0.05, 0) is 26.2 Å². The number of hydrogen-bond donors (Lipinski definition) is 2. The molecule has 3 rings (SSSR count). The smallest absolute Gasteiger partial charge is 0.223 e. The lowest BCUT2D eigenvalue weighted by Gasteiger charge is -2.36. The molecular formula is C16H25N3O3S. The van der Waals surface area contributed by atoms with Gasteiger partial charge >= 0.3 is 0 Å². The minimum Gasteiger partial charge on any atom is -0.390 e. The molecule has 2 N–H and O–H groups in total. The molecule has 2 atom stereocenters. The molecule has 0 aromatic carbocycles. The molecule has 2 aliphatic heterocycles. The highest BCUT2D eigenvalue weighted by Crippen LogP contribution is 2.19. The van der Waals surface area contributed by atoms with Gasteiger partial charge in [0.05, 0.1) is 22.8 Å². The van der Waals surface area contributed by atoms with E-state index in [1.807, 2.05) is 6.92 Å². The van der Waals surface area contributed by atoms with Crippen molar-refractivity contribution in [1.29, 1.82) is 0 Å². The Morgan fingerprint density at radius 3 is 2.91 bits per heavy atom. The number of nitrogens with zero attached hydrogens (tertiary/aromatic N) is 2. The number of rotatable bonds is 4. The molecule has 0 spiro atoms. The number of β-amino-alcohol motifs (C(OH)–C–C–N with tert-alkyl or cyclic N) is 1. The summed E-state index contributed by atoms with van der Waals surface area (Å²) in [5.41, 5.74) is 1.06. The predicted octanol–water partition coefficient (Wildman–Crippen LogP) is 0.930. The lowest BCUT2D eigenvalue weighted by atomic mass is 9.96. The van der Waals surface area contributed by atoms with E-state index in [2.05, 4.69) is 20.6 Å². The van der Waals surface area contributed by atoms with Crippen molar-refractivity contribution < 1.29 is 14.6 Å². The van der Waals surface area contributed by atoms with Crippen LogP contribution in [0, 0.1) is 12.8 Å². The number of hydrogen-bond acceptors (Lipinski definition) is 6. The van der Waals surface area contributed by atoms with Crippen LogP contribution in [0.4, 0.5) is 0 Å². The molecule has 1 aromatic heterocycles. The summed E-state index contributed by atoms with van der Waals surface area (Å²) in [5.74, 6) is 0.105. The minimum atomic E-state index is -0.521. The largest absolute Gasteiger partial charge is 0.390 e.